The highest BCUT2D eigenvalue weighted by molar-refractivity contribution is 5.95. The van der Waals surface area contributed by atoms with Crippen molar-refractivity contribution >= 4 is 5.91 Å². The van der Waals surface area contributed by atoms with Gasteiger partial charge in [-0.25, -0.2) is 0 Å². The molecule has 1 aliphatic rings. The average molecular weight is 298 g/mol. The van der Waals surface area contributed by atoms with Gasteiger partial charge in [-0.1, -0.05) is 12.2 Å². The van der Waals surface area contributed by atoms with Crippen LogP contribution in [0, 0.1) is 5.92 Å². The summed E-state index contributed by atoms with van der Waals surface area (Å²) in [4.78, 5) is 17.1. The normalized spacial score (nSPS) is 18.6. The fourth-order valence-corrected chi connectivity index (χ4v) is 2.50. The van der Waals surface area contributed by atoms with Crippen LogP contribution in [0.1, 0.15) is 35.2 Å². The van der Waals surface area contributed by atoms with Crippen molar-refractivity contribution < 1.29 is 18.0 Å². The molecule has 1 aliphatic carbocycles. The highest BCUT2D eigenvalue weighted by atomic mass is 19.4. The Balaban J connectivity index is 2.14. The summed E-state index contributed by atoms with van der Waals surface area (Å²) in [6.07, 6.45) is 4.24. The zero-order chi connectivity index (χ0) is 15.5. The van der Waals surface area contributed by atoms with Crippen molar-refractivity contribution in [3.8, 4) is 0 Å². The van der Waals surface area contributed by atoms with Crippen molar-refractivity contribution in [3.63, 3.8) is 0 Å². The van der Waals surface area contributed by atoms with Crippen LogP contribution >= 0.6 is 0 Å². The fraction of sp³-hybridized carbons (Fsp3) is 0.467. The zero-order valence-electron chi connectivity index (χ0n) is 11.7. The highest BCUT2D eigenvalue weighted by Gasteiger charge is 2.36. The Morgan fingerprint density at radius 2 is 2.19 bits per heavy atom. The molecule has 21 heavy (non-hydrogen) atoms. The van der Waals surface area contributed by atoms with Gasteiger partial charge in [-0.2, -0.15) is 13.2 Å². The first-order valence-electron chi connectivity index (χ1n) is 6.81. The Labute approximate surface area is 121 Å². The van der Waals surface area contributed by atoms with Crippen LogP contribution < -0.4 is 0 Å². The Morgan fingerprint density at radius 1 is 1.43 bits per heavy atom. The molecular weight excluding hydrogens is 281 g/mol. The summed E-state index contributed by atoms with van der Waals surface area (Å²) in [7, 11) is 1.54. The van der Waals surface area contributed by atoms with E-state index in [4.69, 9.17) is 0 Å². The van der Waals surface area contributed by atoms with E-state index in [0.29, 0.717) is 18.7 Å². The lowest BCUT2D eigenvalue weighted by Gasteiger charge is -2.25. The van der Waals surface area contributed by atoms with E-state index in [1.54, 1.807) is 7.05 Å². The van der Waals surface area contributed by atoms with Gasteiger partial charge in [-0.3, -0.25) is 9.78 Å². The number of alkyl halides is 3. The maximum atomic E-state index is 12.9. The first-order valence-corrected chi connectivity index (χ1v) is 6.81. The van der Waals surface area contributed by atoms with Gasteiger partial charge in [0.1, 0.15) is 0 Å². The predicted molar refractivity (Wildman–Crippen MR) is 72.7 cm³/mol. The van der Waals surface area contributed by atoms with E-state index < -0.39 is 17.6 Å². The molecule has 0 bridgehead atoms. The second kappa shape index (κ2) is 6.28. The van der Waals surface area contributed by atoms with Gasteiger partial charge in [0.15, 0.2) is 0 Å². The monoisotopic (exact) mass is 298 g/mol. The molecule has 1 heterocycles. The quantitative estimate of drug-likeness (QED) is 0.800. The molecular formula is C15H17F3N2O. The van der Waals surface area contributed by atoms with Gasteiger partial charge in [0.05, 0.1) is 11.1 Å². The Hall–Kier alpha value is -1.85. The van der Waals surface area contributed by atoms with Gasteiger partial charge in [-0.15, -0.1) is 0 Å². The summed E-state index contributed by atoms with van der Waals surface area (Å²) in [6.45, 7) is 0.461. The minimum atomic E-state index is -4.58. The van der Waals surface area contributed by atoms with E-state index >= 15 is 0 Å². The summed E-state index contributed by atoms with van der Waals surface area (Å²) < 4.78 is 38.7. The van der Waals surface area contributed by atoms with E-state index in [-0.39, 0.29) is 5.56 Å². The largest absolute Gasteiger partial charge is 0.418 e. The van der Waals surface area contributed by atoms with E-state index in [9.17, 15) is 18.0 Å². The molecule has 1 aromatic rings. The summed E-state index contributed by atoms with van der Waals surface area (Å²) in [6, 6.07) is 1.13. The minimum Gasteiger partial charge on any atom is -0.341 e. The van der Waals surface area contributed by atoms with E-state index in [1.165, 1.54) is 11.1 Å². The molecule has 1 amide bonds. The Morgan fingerprint density at radius 3 is 2.81 bits per heavy atom. The Kier molecular flexibility index (Phi) is 4.65. The van der Waals surface area contributed by atoms with Crippen LogP contribution in [0.5, 0.6) is 0 Å². The molecule has 0 fully saturated rings. The smallest absolute Gasteiger partial charge is 0.341 e. The summed E-state index contributed by atoms with van der Waals surface area (Å²) in [5, 5.41) is 0. The molecule has 0 saturated heterocycles. The van der Waals surface area contributed by atoms with Crippen molar-refractivity contribution in [2.24, 2.45) is 5.92 Å². The van der Waals surface area contributed by atoms with Crippen LogP contribution in [0.3, 0.4) is 0 Å². The molecule has 0 N–H and O–H groups in total. The van der Waals surface area contributed by atoms with Gasteiger partial charge in [-0.05, 0) is 31.2 Å². The number of amides is 1. The lowest BCUT2D eigenvalue weighted by molar-refractivity contribution is -0.138. The summed E-state index contributed by atoms with van der Waals surface area (Å²) in [5.74, 6) is -0.306. The van der Waals surface area contributed by atoms with Gasteiger partial charge < -0.3 is 4.90 Å². The maximum absolute atomic E-state index is 12.9. The summed E-state index contributed by atoms with van der Waals surface area (Å²) in [5.41, 5.74) is -1.32. The third-order valence-corrected chi connectivity index (χ3v) is 3.61. The molecule has 1 aromatic heterocycles. The van der Waals surface area contributed by atoms with Crippen molar-refractivity contribution in [3.05, 3.63) is 41.7 Å². The van der Waals surface area contributed by atoms with Gasteiger partial charge in [0.25, 0.3) is 5.91 Å². The molecule has 3 nitrogen and oxygen atoms in total. The number of carbonyl (C=O) groups excluding carboxylic acids is 1. The second-order valence-electron chi connectivity index (χ2n) is 5.26. The molecule has 0 aromatic carbocycles. The van der Waals surface area contributed by atoms with Gasteiger partial charge >= 0.3 is 6.18 Å². The molecule has 1 atom stereocenters. The topological polar surface area (TPSA) is 33.2 Å². The molecule has 0 aliphatic heterocycles. The van der Waals surface area contributed by atoms with Crippen molar-refractivity contribution in [1.82, 2.24) is 9.88 Å². The number of hydrogen-bond donors (Lipinski definition) is 0. The van der Waals surface area contributed by atoms with Crippen LogP contribution in [0.4, 0.5) is 13.2 Å². The molecule has 0 spiro atoms. The van der Waals surface area contributed by atoms with Gasteiger partial charge in [0, 0.05) is 26.0 Å². The van der Waals surface area contributed by atoms with Crippen LogP contribution in [-0.4, -0.2) is 29.4 Å². The number of aromatic nitrogens is 1. The number of carbonyl (C=O) groups is 1. The predicted octanol–water partition coefficient (Wildman–Crippen LogP) is 3.53. The molecule has 114 valence electrons. The third kappa shape index (κ3) is 3.83. The third-order valence-electron chi connectivity index (χ3n) is 3.61. The van der Waals surface area contributed by atoms with Crippen molar-refractivity contribution in [2.45, 2.75) is 25.4 Å². The maximum Gasteiger partial charge on any atom is 0.418 e. The van der Waals surface area contributed by atoms with Crippen LogP contribution in [-0.2, 0) is 6.18 Å². The Bertz CT molecular complexity index is 540. The number of pyridine rings is 1. The van der Waals surface area contributed by atoms with Crippen LogP contribution in [0.15, 0.2) is 30.6 Å². The minimum absolute atomic E-state index is 0.306. The molecule has 2 rings (SSSR count). The standard InChI is InChI=1S/C15H17F3N2O/c1-20(10-11-5-3-2-4-6-11)14(21)12-7-8-19-9-13(12)15(16,17)18/h2-3,7-9,11H,4-6,10H2,1H3. The first-order chi connectivity index (χ1) is 9.89. The highest BCUT2D eigenvalue weighted by Crippen LogP contribution is 2.32. The lowest BCUT2D eigenvalue weighted by Crippen LogP contribution is -2.33. The van der Waals surface area contributed by atoms with E-state index in [1.807, 2.05) is 0 Å². The number of allylic oxidation sites excluding steroid dienone is 2. The number of halogens is 3. The number of nitrogens with zero attached hydrogens (tertiary/aromatic N) is 2. The zero-order valence-corrected chi connectivity index (χ0v) is 11.7. The van der Waals surface area contributed by atoms with E-state index in [2.05, 4.69) is 17.1 Å². The first kappa shape index (κ1) is 15.5. The molecule has 6 heteroatoms. The van der Waals surface area contributed by atoms with Crippen molar-refractivity contribution in [2.75, 3.05) is 13.6 Å². The lowest BCUT2D eigenvalue weighted by atomic mass is 9.94. The van der Waals surface area contributed by atoms with Crippen LogP contribution in [0.2, 0.25) is 0 Å². The van der Waals surface area contributed by atoms with Crippen molar-refractivity contribution in [1.29, 1.82) is 0 Å². The fourth-order valence-electron chi connectivity index (χ4n) is 2.50. The SMILES string of the molecule is CN(CC1CC=CCC1)C(=O)c1ccncc1C(F)(F)F. The van der Waals surface area contributed by atoms with E-state index in [0.717, 1.165) is 25.3 Å². The molecule has 0 radical (unpaired) electrons. The summed E-state index contributed by atoms with van der Waals surface area (Å²) >= 11 is 0. The van der Waals surface area contributed by atoms with Crippen LogP contribution in [0.25, 0.3) is 0 Å². The molecule has 1 unspecified atom stereocenters. The average Bonchev–Trinajstić information content (AvgIpc) is 2.46. The van der Waals surface area contributed by atoms with Gasteiger partial charge in [0.2, 0.25) is 0 Å². The molecule has 0 saturated carbocycles. The second-order valence-corrected chi connectivity index (χ2v) is 5.26. The number of hydrogen-bond acceptors (Lipinski definition) is 2. The number of rotatable bonds is 3.